The van der Waals surface area contributed by atoms with Crippen molar-refractivity contribution in [1.29, 1.82) is 0 Å². The smallest absolute Gasteiger partial charge is 0.262 e. The number of aromatic nitrogens is 5. The van der Waals surface area contributed by atoms with Crippen LogP contribution in [0.25, 0.3) is 26.6 Å². The first-order valence-electron chi connectivity index (χ1n) is 8.16. The molecule has 0 bridgehead atoms. The molecule has 0 aliphatic rings. The molecule has 0 fully saturated rings. The lowest BCUT2D eigenvalue weighted by Crippen LogP contribution is -2.20. The first-order chi connectivity index (χ1) is 13.2. The summed E-state index contributed by atoms with van der Waals surface area (Å²) in [6, 6.07) is 11.7. The second-order valence-electron chi connectivity index (χ2n) is 5.91. The summed E-state index contributed by atoms with van der Waals surface area (Å²) in [4.78, 5) is 18.4. The number of rotatable bonds is 4. The van der Waals surface area contributed by atoms with E-state index in [1.807, 2.05) is 34.7 Å². The highest BCUT2D eigenvalue weighted by Crippen LogP contribution is 2.30. The highest BCUT2D eigenvalue weighted by molar-refractivity contribution is 7.98. The summed E-state index contributed by atoms with van der Waals surface area (Å²) in [6.45, 7) is 0. The maximum Gasteiger partial charge on any atom is 0.262 e. The molecular weight excluding hydrogens is 398 g/mol. The second-order valence-corrected chi connectivity index (χ2v) is 8.66. The Morgan fingerprint density at radius 2 is 2.00 bits per heavy atom. The number of thiazole rings is 1. The number of hydrogen-bond acceptors (Lipinski definition) is 7. The molecule has 4 heterocycles. The molecule has 0 saturated heterocycles. The van der Waals surface area contributed by atoms with Crippen molar-refractivity contribution in [1.82, 2.24) is 24.1 Å². The fourth-order valence-corrected chi connectivity index (χ4v) is 5.50. The van der Waals surface area contributed by atoms with E-state index in [0.29, 0.717) is 16.9 Å². The zero-order valence-electron chi connectivity index (χ0n) is 14.2. The van der Waals surface area contributed by atoms with Crippen LogP contribution in [0.1, 0.15) is 5.69 Å². The molecule has 27 heavy (non-hydrogen) atoms. The third-order valence-corrected chi connectivity index (χ3v) is 7.12. The van der Waals surface area contributed by atoms with E-state index in [0.717, 1.165) is 21.4 Å². The van der Waals surface area contributed by atoms with Gasteiger partial charge < -0.3 is 0 Å². The van der Waals surface area contributed by atoms with E-state index in [9.17, 15) is 4.79 Å². The molecule has 1 aromatic carbocycles. The van der Waals surface area contributed by atoms with Crippen LogP contribution in [0.2, 0.25) is 0 Å². The van der Waals surface area contributed by atoms with Crippen molar-refractivity contribution < 1.29 is 0 Å². The van der Waals surface area contributed by atoms with Crippen LogP contribution in [0, 0.1) is 0 Å². The van der Waals surface area contributed by atoms with Crippen LogP contribution in [0.15, 0.2) is 57.1 Å². The molecule has 134 valence electrons. The number of aryl methyl sites for hydroxylation is 1. The predicted molar refractivity (Wildman–Crippen MR) is 111 cm³/mol. The molecule has 4 aromatic heterocycles. The van der Waals surface area contributed by atoms with Crippen LogP contribution < -0.4 is 5.56 Å². The van der Waals surface area contributed by atoms with Crippen LogP contribution in [-0.2, 0) is 12.8 Å². The Hall–Kier alpha value is -2.49. The van der Waals surface area contributed by atoms with Gasteiger partial charge in [0.2, 0.25) is 5.78 Å². The summed E-state index contributed by atoms with van der Waals surface area (Å²) in [6.07, 6.45) is 0. The van der Waals surface area contributed by atoms with Gasteiger partial charge in [-0.05, 0) is 23.6 Å². The fourth-order valence-electron chi connectivity index (χ4n) is 2.93. The second kappa shape index (κ2) is 6.59. The van der Waals surface area contributed by atoms with E-state index < -0.39 is 0 Å². The van der Waals surface area contributed by atoms with Crippen LogP contribution in [0.4, 0.5) is 0 Å². The zero-order valence-corrected chi connectivity index (χ0v) is 16.6. The monoisotopic (exact) mass is 411 g/mol. The maximum atomic E-state index is 12.5. The average Bonchev–Trinajstić information content (AvgIpc) is 3.44. The number of hydrogen-bond donors (Lipinski definition) is 0. The molecule has 0 spiro atoms. The summed E-state index contributed by atoms with van der Waals surface area (Å²) in [5.74, 6) is 1.23. The molecule has 0 aliphatic carbocycles. The standard InChI is InChI=1S/C18H13N5OS3/c1-22-16(24)12-5-2-3-6-13(12)23-17(22)20-21-18(23)27-10-11-9-26-15(19-11)14-7-4-8-25-14/h2-9H,10H2,1H3. The lowest BCUT2D eigenvalue weighted by Gasteiger charge is -2.07. The minimum absolute atomic E-state index is 0.0675. The number of thioether (sulfide) groups is 1. The predicted octanol–water partition coefficient (Wildman–Crippen LogP) is 4.06. The topological polar surface area (TPSA) is 65.1 Å². The van der Waals surface area contributed by atoms with E-state index in [2.05, 4.69) is 27.0 Å². The van der Waals surface area contributed by atoms with E-state index in [-0.39, 0.29) is 5.56 Å². The Kier molecular flexibility index (Phi) is 4.07. The van der Waals surface area contributed by atoms with Crippen LogP contribution in [-0.4, -0.2) is 24.1 Å². The minimum atomic E-state index is -0.0675. The van der Waals surface area contributed by atoms with Crippen molar-refractivity contribution in [3.8, 4) is 9.88 Å². The van der Waals surface area contributed by atoms with E-state index in [4.69, 9.17) is 4.98 Å². The van der Waals surface area contributed by atoms with Crippen molar-refractivity contribution in [2.45, 2.75) is 10.9 Å². The molecule has 0 N–H and O–H groups in total. The van der Waals surface area contributed by atoms with E-state index >= 15 is 0 Å². The SMILES string of the molecule is Cn1c(=O)c2ccccc2n2c(SCc3csc(-c4cccs4)n3)nnc12. The van der Waals surface area contributed by atoms with Crippen LogP contribution in [0.3, 0.4) is 0 Å². The van der Waals surface area contributed by atoms with Gasteiger partial charge in [-0.1, -0.05) is 30.0 Å². The Labute approximate surface area is 166 Å². The lowest BCUT2D eigenvalue weighted by atomic mass is 10.2. The summed E-state index contributed by atoms with van der Waals surface area (Å²) in [5.41, 5.74) is 1.77. The zero-order chi connectivity index (χ0) is 18.4. The van der Waals surface area contributed by atoms with Gasteiger partial charge in [0.25, 0.3) is 5.56 Å². The summed E-state index contributed by atoms with van der Waals surface area (Å²) < 4.78 is 3.48. The Morgan fingerprint density at radius 3 is 2.85 bits per heavy atom. The van der Waals surface area contributed by atoms with Crippen LogP contribution in [0.5, 0.6) is 0 Å². The molecular formula is C18H13N5OS3. The van der Waals surface area contributed by atoms with Gasteiger partial charge >= 0.3 is 0 Å². The highest BCUT2D eigenvalue weighted by Gasteiger charge is 2.15. The largest absolute Gasteiger partial charge is 0.279 e. The highest BCUT2D eigenvalue weighted by atomic mass is 32.2. The minimum Gasteiger partial charge on any atom is -0.279 e. The average molecular weight is 412 g/mol. The Bertz CT molecular complexity index is 1320. The molecule has 6 nitrogen and oxygen atoms in total. The van der Waals surface area contributed by atoms with Gasteiger partial charge in [-0.2, -0.15) is 0 Å². The third-order valence-electron chi connectivity index (χ3n) is 4.23. The summed E-state index contributed by atoms with van der Waals surface area (Å²) >= 11 is 4.92. The maximum absolute atomic E-state index is 12.5. The van der Waals surface area contributed by atoms with Gasteiger partial charge in [0.1, 0.15) is 5.01 Å². The van der Waals surface area contributed by atoms with Crippen molar-refractivity contribution in [3.05, 3.63) is 63.2 Å². The van der Waals surface area contributed by atoms with E-state index in [1.54, 1.807) is 41.5 Å². The molecule has 9 heteroatoms. The molecule has 0 amide bonds. The van der Waals surface area contributed by atoms with Crippen LogP contribution >= 0.6 is 34.4 Å². The first-order valence-corrected chi connectivity index (χ1v) is 10.9. The number of fused-ring (bicyclic) bond motifs is 3. The number of nitrogens with zero attached hydrogens (tertiary/aromatic N) is 5. The van der Waals surface area contributed by atoms with E-state index in [1.165, 1.54) is 9.44 Å². The number of para-hydroxylation sites is 1. The van der Waals surface area contributed by atoms with Gasteiger partial charge in [0, 0.05) is 18.2 Å². The lowest BCUT2D eigenvalue weighted by molar-refractivity contribution is 0.853. The molecule has 0 unspecified atom stereocenters. The summed E-state index contributed by atoms with van der Waals surface area (Å²) in [5, 5.41) is 15.1. The Balaban J connectivity index is 1.52. The molecule has 0 radical (unpaired) electrons. The van der Waals surface area contributed by atoms with Gasteiger partial charge in [0.05, 0.1) is 21.5 Å². The van der Waals surface area contributed by atoms with Crippen molar-refractivity contribution >= 4 is 51.1 Å². The number of thiophene rings is 1. The summed E-state index contributed by atoms with van der Waals surface area (Å²) in [7, 11) is 1.72. The quantitative estimate of drug-likeness (QED) is 0.417. The van der Waals surface area contributed by atoms with Crippen molar-refractivity contribution in [2.24, 2.45) is 7.05 Å². The van der Waals surface area contributed by atoms with Gasteiger partial charge in [-0.25, -0.2) is 4.98 Å². The number of benzene rings is 1. The molecule has 0 aliphatic heterocycles. The first kappa shape index (κ1) is 16.7. The van der Waals surface area contributed by atoms with Crippen molar-refractivity contribution in [3.63, 3.8) is 0 Å². The molecule has 5 rings (SSSR count). The van der Waals surface area contributed by atoms with Gasteiger partial charge in [0.15, 0.2) is 5.16 Å². The molecule has 5 aromatic rings. The third kappa shape index (κ3) is 2.78. The van der Waals surface area contributed by atoms with Crippen molar-refractivity contribution in [2.75, 3.05) is 0 Å². The normalized spacial score (nSPS) is 11.6. The van der Waals surface area contributed by atoms with Gasteiger partial charge in [-0.15, -0.1) is 32.9 Å². The molecule has 0 saturated carbocycles. The Morgan fingerprint density at radius 1 is 1.11 bits per heavy atom. The molecule has 0 atom stereocenters. The fraction of sp³-hybridized carbons (Fsp3) is 0.111. The van der Waals surface area contributed by atoms with Gasteiger partial charge in [-0.3, -0.25) is 13.8 Å².